The number of likely N-dealkylation sites (N-methyl/N-ethyl adjacent to an activating group) is 1. The lowest BCUT2D eigenvalue weighted by molar-refractivity contribution is -0.137. The van der Waals surface area contributed by atoms with E-state index in [0.29, 0.717) is 30.6 Å². The number of rotatable bonds is 6. The van der Waals surface area contributed by atoms with Gasteiger partial charge in [0, 0.05) is 49.1 Å². The van der Waals surface area contributed by atoms with Gasteiger partial charge in [0.25, 0.3) is 5.91 Å². The fourth-order valence-corrected chi connectivity index (χ4v) is 4.53. The second kappa shape index (κ2) is 9.08. The molecule has 160 valence electrons. The zero-order valence-electron chi connectivity index (χ0n) is 17.9. The molecule has 0 radical (unpaired) electrons. The Morgan fingerprint density at radius 1 is 1.23 bits per heavy atom. The highest BCUT2D eigenvalue weighted by Crippen LogP contribution is 2.25. The fraction of sp³-hybridized carbons (Fsp3) is 0.565. The highest BCUT2D eigenvalue weighted by atomic mass is 16.2. The van der Waals surface area contributed by atoms with Gasteiger partial charge in [0.05, 0.1) is 17.6 Å². The molecule has 3 heterocycles. The van der Waals surface area contributed by atoms with Crippen LogP contribution in [0.1, 0.15) is 49.4 Å². The maximum atomic E-state index is 13.0. The number of nitrogens with zero attached hydrogens (tertiary/aromatic N) is 4. The predicted molar refractivity (Wildman–Crippen MR) is 116 cm³/mol. The van der Waals surface area contributed by atoms with Crippen molar-refractivity contribution in [1.82, 2.24) is 25.1 Å². The van der Waals surface area contributed by atoms with Gasteiger partial charge in [-0.05, 0) is 50.8 Å². The Hall–Kier alpha value is -2.54. The van der Waals surface area contributed by atoms with Gasteiger partial charge in [-0.15, -0.1) is 0 Å². The van der Waals surface area contributed by atoms with Crippen molar-refractivity contribution in [2.75, 3.05) is 26.7 Å². The maximum absolute atomic E-state index is 13.0. The first-order chi connectivity index (χ1) is 14.5. The molecule has 1 aliphatic heterocycles. The zero-order valence-corrected chi connectivity index (χ0v) is 17.9. The molecule has 1 saturated carbocycles. The molecule has 2 amide bonds. The van der Waals surface area contributed by atoms with Crippen molar-refractivity contribution in [3.8, 4) is 0 Å². The molecular formula is C23H31N5O2. The quantitative estimate of drug-likeness (QED) is 0.793. The van der Waals surface area contributed by atoms with E-state index in [1.807, 2.05) is 11.9 Å². The van der Waals surface area contributed by atoms with Gasteiger partial charge in [-0.3, -0.25) is 24.5 Å². The molecular weight excluding hydrogens is 378 g/mol. The summed E-state index contributed by atoms with van der Waals surface area (Å²) < 4.78 is 0. The zero-order chi connectivity index (χ0) is 21.1. The van der Waals surface area contributed by atoms with Crippen molar-refractivity contribution in [3.05, 3.63) is 36.3 Å². The highest BCUT2D eigenvalue weighted by Gasteiger charge is 2.32. The molecule has 1 aliphatic carbocycles. The van der Waals surface area contributed by atoms with Crippen molar-refractivity contribution in [1.29, 1.82) is 0 Å². The van der Waals surface area contributed by atoms with Gasteiger partial charge in [-0.2, -0.15) is 0 Å². The van der Waals surface area contributed by atoms with E-state index in [2.05, 4.69) is 27.1 Å². The monoisotopic (exact) mass is 409 g/mol. The lowest BCUT2D eigenvalue weighted by Gasteiger charge is -2.41. The summed E-state index contributed by atoms with van der Waals surface area (Å²) >= 11 is 0. The smallest absolute Gasteiger partial charge is 0.252 e. The van der Waals surface area contributed by atoms with Crippen LogP contribution in [0, 0.1) is 5.92 Å². The lowest BCUT2D eigenvalue weighted by Crippen LogP contribution is -2.54. The van der Waals surface area contributed by atoms with E-state index in [4.69, 9.17) is 0 Å². The minimum absolute atomic E-state index is 0.0335. The SMILES string of the molecule is C[C@@H]1CCN(C(=O)CN(C)C2CCC2)[C@H](CNC(=O)c2ccnc3ccncc23)C1. The van der Waals surface area contributed by atoms with Crippen molar-refractivity contribution in [3.63, 3.8) is 0 Å². The largest absolute Gasteiger partial charge is 0.350 e. The van der Waals surface area contributed by atoms with E-state index in [1.54, 1.807) is 30.7 Å². The molecule has 7 heteroatoms. The Bertz CT molecular complexity index is 908. The molecule has 2 aliphatic rings. The van der Waals surface area contributed by atoms with E-state index >= 15 is 0 Å². The predicted octanol–water partition coefficient (Wildman–Crippen LogP) is 2.47. The summed E-state index contributed by atoms with van der Waals surface area (Å²) in [6.07, 6.45) is 10.6. The number of carbonyl (C=O) groups is 2. The molecule has 0 bridgehead atoms. The van der Waals surface area contributed by atoms with E-state index < -0.39 is 0 Å². The molecule has 1 saturated heterocycles. The number of pyridine rings is 2. The van der Waals surface area contributed by atoms with Crippen molar-refractivity contribution >= 4 is 22.7 Å². The van der Waals surface area contributed by atoms with Crippen LogP contribution in [-0.4, -0.2) is 70.3 Å². The number of likely N-dealkylation sites (tertiary alicyclic amines) is 1. The molecule has 2 fully saturated rings. The molecule has 1 N–H and O–H groups in total. The Labute approximate surface area is 177 Å². The molecule has 2 atom stereocenters. The van der Waals surface area contributed by atoms with E-state index in [1.165, 1.54) is 19.3 Å². The van der Waals surface area contributed by atoms with Crippen LogP contribution >= 0.6 is 0 Å². The molecule has 2 aromatic rings. The van der Waals surface area contributed by atoms with Gasteiger partial charge in [0.2, 0.25) is 5.91 Å². The summed E-state index contributed by atoms with van der Waals surface area (Å²) in [5, 5.41) is 3.80. The van der Waals surface area contributed by atoms with Crippen molar-refractivity contribution < 1.29 is 9.59 Å². The average molecular weight is 410 g/mol. The Morgan fingerprint density at radius 2 is 2.07 bits per heavy atom. The summed E-state index contributed by atoms with van der Waals surface area (Å²) in [4.78, 5) is 38.5. The number of carbonyl (C=O) groups excluding carboxylic acids is 2. The van der Waals surface area contributed by atoms with Crippen molar-refractivity contribution in [2.24, 2.45) is 5.92 Å². The average Bonchev–Trinajstić information content (AvgIpc) is 2.70. The Kier molecular flexibility index (Phi) is 6.27. The number of nitrogens with one attached hydrogen (secondary N) is 1. The third-order valence-electron chi connectivity index (χ3n) is 6.67. The van der Waals surface area contributed by atoms with Gasteiger partial charge in [-0.25, -0.2) is 0 Å². The number of amides is 2. The topological polar surface area (TPSA) is 78.4 Å². The van der Waals surface area contributed by atoms with Crippen LogP contribution in [0.5, 0.6) is 0 Å². The van der Waals surface area contributed by atoms with Crippen LogP contribution in [0.4, 0.5) is 0 Å². The van der Waals surface area contributed by atoms with Crippen LogP contribution in [0.15, 0.2) is 30.7 Å². The molecule has 0 aromatic carbocycles. The molecule has 0 unspecified atom stereocenters. The van der Waals surface area contributed by atoms with E-state index in [0.717, 1.165) is 30.3 Å². The Morgan fingerprint density at radius 3 is 2.83 bits per heavy atom. The first-order valence-electron chi connectivity index (χ1n) is 11.0. The summed E-state index contributed by atoms with van der Waals surface area (Å²) in [6, 6.07) is 4.10. The minimum Gasteiger partial charge on any atom is -0.350 e. The molecule has 30 heavy (non-hydrogen) atoms. The first-order valence-corrected chi connectivity index (χ1v) is 11.0. The molecule has 2 aromatic heterocycles. The van der Waals surface area contributed by atoms with Crippen LogP contribution in [0.2, 0.25) is 0 Å². The summed E-state index contributed by atoms with van der Waals surface area (Å²) in [7, 11) is 2.05. The number of fused-ring (bicyclic) bond motifs is 1. The van der Waals surface area contributed by atoms with Crippen LogP contribution in [0.25, 0.3) is 10.9 Å². The van der Waals surface area contributed by atoms with Gasteiger partial charge >= 0.3 is 0 Å². The second-order valence-electron chi connectivity index (χ2n) is 8.83. The summed E-state index contributed by atoms with van der Waals surface area (Å²) in [5.41, 5.74) is 1.32. The van der Waals surface area contributed by atoms with Crippen LogP contribution in [-0.2, 0) is 4.79 Å². The number of piperidine rings is 1. The second-order valence-corrected chi connectivity index (χ2v) is 8.83. The minimum atomic E-state index is -0.146. The lowest BCUT2D eigenvalue weighted by atomic mass is 9.91. The van der Waals surface area contributed by atoms with Gasteiger partial charge in [0.1, 0.15) is 0 Å². The highest BCUT2D eigenvalue weighted by molar-refractivity contribution is 6.05. The van der Waals surface area contributed by atoms with Crippen molar-refractivity contribution in [2.45, 2.75) is 51.1 Å². The van der Waals surface area contributed by atoms with Gasteiger partial charge in [-0.1, -0.05) is 13.3 Å². The van der Waals surface area contributed by atoms with Gasteiger partial charge in [0.15, 0.2) is 0 Å². The molecule has 4 rings (SSSR count). The van der Waals surface area contributed by atoms with Gasteiger partial charge < -0.3 is 10.2 Å². The number of hydrogen-bond acceptors (Lipinski definition) is 5. The van der Waals surface area contributed by atoms with Crippen LogP contribution < -0.4 is 5.32 Å². The normalized spacial score (nSPS) is 22.2. The van der Waals surface area contributed by atoms with Crippen LogP contribution in [0.3, 0.4) is 0 Å². The molecule has 7 nitrogen and oxygen atoms in total. The van der Waals surface area contributed by atoms with E-state index in [-0.39, 0.29) is 17.9 Å². The number of aromatic nitrogens is 2. The maximum Gasteiger partial charge on any atom is 0.252 e. The Balaban J connectivity index is 1.41. The third-order valence-corrected chi connectivity index (χ3v) is 6.67. The number of hydrogen-bond donors (Lipinski definition) is 1. The third kappa shape index (κ3) is 4.46. The standard InChI is InChI=1S/C23H31N5O2/c1-16-8-11-28(22(29)15-27(2)17-4-3-5-17)18(12-16)13-26-23(30)19-6-10-25-21-7-9-24-14-20(19)21/h6-7,9-10,14,16-18H,3-5,8,11-13,15H2,1-2H3,(H,26,30)/t16-,18+/m1/s1. The summed E-state index contributed by atoms with van der Waals surface area (Å²) in [6.45, 7) is 3.91. The summed E-state index contributed by atoms with van der Waals surface area (Å²) in [5.74, 6) is 0.577. The van der Waals surface area contributed by atoms with E-state index in [9.17, 15) is 9.59 Å². The first kappa shape index (κ1) is 20.7. The molecule has 0 spiro atoms. The fourth-order valence-electron chi connectivity index (χ4n) is 4.53.